The third-order valence-corrected chi connectivity index (χ3v) is 3.75. The van der Waals surface area contributed by atoms with Crippen molar-refractivity contribution in [2.75, 3.05) is 18.0 Å². The number of amides is 2. The number of carbonyl (C=O) groups is 2. The fraction of sp³-hybridized carbons (Fsp3) is 0.500. The van der Waals surface area contributed by atoms with E-state index in [0.717, 1.165) is 6.42 Å². The molecule has 114 valence electrons. The Morgan fingerprint density at radius 3 is 2.67 bits per heavy atom. The highest BCUT2D eigenvalue weighted by Crippen LogP contribution is 2.28. The Labute approximate surface area is 125 Å². The van der Waals surface area contributed by atoms with Crippen LogP contribution in [-0.4, -0.2) is 35.6 Å². The van der Waals surface area contributed by atoms with Crippen LogP contribution in [0.15, 0.2) is 30.3 Å². The first-order valence-corrected chi connectivity index (χ1v) is 7.33. The Balaban J connectivity index is 2.04. The Kier molecular flexibility index (Phi) is 4.63. The minimum Gasteiger partial charge on any atom is -0.372 e. The number of hydrogen-bond donors (Lipinski definition) is 2. The van der Waals surface area contributed by atoms with Crippen molar-refractivity contribution in [2.45, 2.75) is 32.3 Å². The fourth-order valence-corrected chi connectivity index (χ4v) is 2.39. The van der Waals surface area contributed by atoms with Crippen molar-refractivity contribution in [1.29, 1.82) is 0 Å². The topological polar surface area (TPSA) is 69.6 Å². The molecule has 0 radical (unpaired) electrons. The van der Waals surface area contributed by atoms with Gasteiger partial charge in [0.2, 0.25) is 5.60 Å². The van der Waals surface area contributed by atoms with Gasteiger partial charge in [-0.1, -0.05) is 32.0 Å². The molecule has 5 nitrogen and oxygen atoms in total. The van der Waals surface area contributed by atoms with Crippen LogP contribution in [0.5, 0.6) is 0 Å². The number of para-hydroxylation sites is 1. The van der Waals surface area contributed by atoms with Crippen LogP contribution in [0.1, 0.15) is 26.7 Å². The van der Waals surface area contributed by atoms with E-state index in [-0.39, 0.29) is 6.42 Å². The average Bonchev–Trinajstić information content (AvgIpc) is 2.77. The number of nitrogens with zero attached hydrogens (tertiary/aromatic N) is 1. The quantitative estimate of drug-likeness (QED) is 0.804. The first kappa shape index (κ1) is 15.5. The lowest BCUT2D eigenvalue weighted by Gasteiger charge is -2.22. The van der Waals surface area contributed by atoms with Crippen molar-refractivity contribution in [3.8, 4) is 0 Å². The molecule has 5 heteroatoms. The van der Waals surface area contributed by atoms with Gasteiger partial charge in [-0.25, -0.2) is 0 Å². The molecule has 1 saturated heterocycles. The maximum atomic E-state index is 12.4. The number of aliphatic hydroxyl groups is 1. The molecule has 1 fully saturated rings. The van der Waals surface area contributed by atoms with Gasteiger partial charge >= 0.3 is 0 Å². The standard InChI is InChI=1S/C16H22N2O3/c1-12(2)8-10-17-14(19)16(21)9-11-18(15(16)20)13-6-4-3-5-7-13/h3-7,12,21H,8-11H2,1-2H3,(H,17,19). The summed E-state index contributed by atoms with van der Waals surface area (Å²) < 4.78 is 0. The molecule has 2 amide bonds. The predicted molar refractivity (Wildman–Crippen MR) is 80.8 cm³/mol. The van der Waals surface area contributed by atoms with E-state index < -0.39 is 17.4 Å². The van der Waals surface area contributed by atoms with Crippen molar-refractivity contribution < 1.29 is 14.7 Å². The Morgan fingerprint density at radius 1 is 1.38 bits per heavy atom. The number of anilines is 1. The van der Waals surface area contributed by atoms with Crippen molar-refractivity contribution in [2.24, 2.45) is 5.92 Å². The third kappa shape index (κ3) is 3.24. The largest absolute Gasteiger partial charge is 0.372 e. The molecule has 0 aliphatic carbocycles. The van der Waals surface area contributed by atoms with Crippen LogP contribution in [0, 0.1) is 5.92 Å². The van der Waals surface area contributed by atoms with E-state index in [1.165, 1.54) is 4.90 Å². The first-order chi connectivity index (χ1) is 9.95. The summed E-state index contributed by atoms with van der Waals surface area (Å²) in [5.74, 6) is -0.678. The van der Waals surface area contributed by atoms with E-state index in [0.29, 0.717) is 24.7 Å². The van der Waals surface area contributed by atoms with Crippen LogP contribution in [0.2, 0.25) is 0 Å². The average molecular weight is 290 g/mol. The van der Waals surface area contributed by atoms with Crippen molar-refractivity contribution in [3.05, 3.63) is 30.3 Å². The normalized spacial score (nSPS) is 21.9. The number of carbonyl (C=O) groups excluding carboxylic acids is 2. The Bertz CT molecular complexity index is 516. The smallest absolute Gasteiger partial charge is 0.268 e. The zero-order valence-electron chi connectivity index (χ0n) is 12.5. The SMILES string of the molecule is CC(C)CCNC(=O)C1(O)CCN(c2ccccc2)C1=O. The van der Waals surface area contributed by atoms with Gasteiger partial charge in [0.05, 0.1) is 0 Å². The van der Waals surface area contributed by atoms with Gasteiger partial charge in [0, 0.05) is 25.2 Å². The number of benzene rings is 1. The monoisotopic (exact) mass is 290 g/mol. The van der Waals surface area contributed by atoms with Crippen LogP contribution < -0.4 is 10.2 Å². The molecule has 0 bridgehead atoms. The van der Waals surface area contributed by atoms with Gasteiger partial charge < -0.3 is 15.3 Å². The fourth-order valence-electron chi connectivity index (χ4n) is 2.39. The molecule has 21 heavy (non-hydrogen) atoms. The van der Waals surface area contributed by atoms with Gasteiger partial charge in [-0.3, -0.25) is 9.59 Å². The molecule has 1 aromatic carbocycles. The Hall–Kier alpha value is -1.88. The maximum Gasteiger partial charge on any atom is 0.268 e. The van der Waals surface area contributed by atoms with E-state index in [1.807, 2.05) is 18.2 Å². The summed E-state index contributed by atoms with van der Waals surface area (Å²) in [6.07, 6.45) is 0.937. The molecule has 2 rings (SSSR count). The molecule has 0 spiro atoms. The van der Waals surface area contributed by atoms with E-state index in [9.17, 15) is 14.7 Å². The second-order valence-corrected chi connectivity index (χ2v) is 5.84. The third-order valence-electron chi connectivity index (χ3n) is 3.75. The molecule has 0 aromatic heterocycles. The zero-order valence-corrected chi connectivity index (χ0v) is 12.5. The molecule has 1 atom stereocenters. The van der Waals surface area contributed by atoms with E-state index in [4.69, 9.17) is 0 Å². The molecular weight excluding hydrogens is 268 g/mol. The van der Waals surface area contributed by atoms with Crippen LogP contribution >= 0.6 is 0 Å². The van der Waals surface area contributed by atoms with Gasteiger partial charge in [-0.2, -0.15) is 0 Å². The summed E-state index contributed by atoms with van der Waals surface area (Å²) in [5, 5.41) is 13.1. The molecule has 1 heterocycles. The molecule has 0 saturated carbocycles. The minimum atomic E-state index is -1.94. The molecule has 1 aromatic rings. The van der Waals surface area contributed by atoms with Crippen LogP contribution in [-0.2, 0) is 9.59 Å². The number of rotatable bonds is 5. The van der Waals surface area contributed by atoms with Crippen molar-refractivity contribution in [1.82, 2.24) is 5.32 Å². The van der Waals surface area contributed by atoms with Gasteiger partial charge in [-0.05, 0) is 24.5 Å². The van der Waals surface area contributed by atoms with E-state index >= 15 is 0 Å². The summed E-state index contributed by atoms with van der Waals surface area (Å²) in [4.78, 5) is 26.0. The second kappa shape index (κ2) is 6.26. The summed E-state index contributed by atoms with van der Waals surface area (Å²) in [6, 6.07) is 9.08. The van der Waals surface area contributed by atoms with Gasteiger partial charge in [0.1, 0.15) is 0 Å². The first-order valence-electron chi connectivity index (χ1n) is 7.33. The Morgan fingerprint density at radius 2 is 2.05 bits per heavy atom. The van der Waals surface area contributed by atoms with E-state index in [1.54, 1.807) is 12.1 Å². The second-order valence-electron chi connectivity index (χ2n) is 5.84. The highest BCUT2D eigenvalue weighted by Gasteiger charge is 2.51. The molecule has 2 N–H and O–H groups in total. The highest BCUT2D eigenvalue weighted by atomic mass is 16.3. The minimum absolute atomic E-state index is 0.119. The summed E-state index contributed by atoms with van der Waals surface area (Å²) in [7, 11) is 0. The van der Waals surface area contributed by atoms with Crippen LogP contribution in [0.4, 0.5) is 5.69 Å². The van der Waals surface area contributed by atoms with Crippen LogP contribution in [0.3, 0.4) is 0 Å². The van der Waals surface area contributed by atoms with Gasteiger partial charge in [-0.15, -0.1) is 0 Å². The molecular formula is C16H22N2O3. The number of hydrogen-bond acceptors (Lipinski definition) is 3. The summed E-state index contributed by atoms with van der Waals surface area (Å²) >= 11 is 0. The maximum absolute atomic E-state index is 12.4. The lowest BCUT2D eigenvalue weighted by atomic mass is 10.0. The lowest BCUT2D eigenvalue weighted by molar-refractivity contribution is -0.149. The predicted octanol–water partition coefficient (Wildman–Crippen LogP) is 1.32. The van der Waals surface area contributed by atoms with Gasteiger partial charge in [0.15, 0.2) is 0 Å². The molecule has 1 aliphatic heterocycles. The summed E-state index contributed by atoms with van der Waals surface area (Å²) in [6.45, 7) is 4.92. The van der Waals surface area contributed by atoms with E-state index in [2.05, 4.69) is 19.2 Å². The van der Waals surface area contributed by atoms with Crippen LogP contribution in [0.25, 0.3) is 0 Å². The van der Waals surface area contributed by atoms with Gasteiger partial charge in [0.25, 0.3) is 11.8 Å². The molecule has 1 unspecified atom stereocenters. The van der Waals surface area contributed by atoms with Crippen molar-refractivity contribution >= 4 is 17.5 Å². The number of nitrogens with one attached hydrogen (secondary N) is 1. The summed E-state index contributed by atoms with van der Waals surface area (Å²) in [5.41, 5.74) is -1.24. The molecule has 1 aliphatic rings. The highest BCUT2D eigenvalue weighted by molar-refractivity contribution is 6.16. The lowest BCUT2D eigenvalue weighted by Crippen LogP contribution is -2.52. The zero-order chi connectivity index (χ0) is 15.5. The van der Waals surface area contributed by atoms with Crippen molar-refractivity contribution in [3.63, 3.8) is 0 Å².